The minimum atomic E-state index is 0.182. The van der Waals surface area contributed by atoms with Crippen molar-refractivity contribution in [3.05, 3.63) is 18.0 Å². The van der Waals surface area contributed by atoms with Crippen molar-refractivity contribution in [2.75, 3.05) is 7.05 Å². The third-order valence-corrected chi connectivity index (χ3v) is 1.98. The second-order valence-corrected chi connectivity index (χ2v) is 3.95. The lowest BCUT2D eigenvalue weighted by Gasteiger charge is -2.17. The van der Waals surface area contributed by atoms with Crippen LogP contribution in [0.15, 0.2) is 12.4 Å². The molecule has 4 heteroatoms. The van der Waals surface area contributed by atoms with Crippen molar-refractivity contribution in [3.8, 4) is 0 Å². The number of hydrogen-bond acceptors (Lipinski definition) is 2. The summed E-state index contributed by atoms with van der Waals surface area (Å²) < 4.78 is 0. The standard InChI is InChI=1S/C10H17N3O/c1-8(2)4-10(14)13(3)7-9-5-11-12-6-9/h5-6,8H,4,7H2,1-3H3,(H,11,12). The molecule has 0 atom stereocenters. The minimum Gasteiger partial charge on any atom is -0.341 e. The van der Waals surface area contributed by atoms with Crippen molar-refractivity contribution >= 4 is 5.91 Å². The number of aromatic amines is 1. The van der Waals surface area contributed by atoms with Gasteiger partial charge in [0.1, 0.15) is 0 Å². The Labute approximate surface area is 84.3 Å². The number of nitrogens with one attached hydrogen (secondary N) is 1. The van der Waals surface area contributed by atoms with E-state index in [4.69, 9.17) is 0 Å². The lowest BCUT2D eigenvalue weighted by Crippen LogP contribution is -2.26. The normalized spacial score (nSPS) is 10.6. The van der Waals surface area contributed by atoms with E-state index in [1.807, 2.05) is 20.9 Å². The van der Waals surface area contributed by atoms with Gasteiger partial charge in [0.15, 0.2) is 0 Å². The molecule has 1 amide bonds. The van der Waals surface area contributed by atoms with Gasteiger partial charge in [-0.2, -0.15) is 5.10 Å². The molecule has 14 heavy (non-hydrogen) atoms. The van der Waals surface area contributed by atoms with Crippen molar-refractivity contribution in [2.45, 2.75) is 26.8 Å². The molecule has 0 aromatic carbocycles. The zero-order valence-electron chi connectivity index (χ0n) is 8.95. The van der Waals surface area contributed by atoms with Crippen LogP contribution in [0.3, 0.4) is 0 Å². The van der Waals surface area contributed by atoms with E-state index in [9.17, 15) is 4.79 Å². The predicted octanol–water partition coefficient (Wildman–Crippen LogP) is 1.41. The second kappa shape index (κ2) is 4.79. The molecular weight excluding hydrogens is 178 g/mol. The van der Waals surface area contributed by atoms with Crippen LogP contribution in [0.4, 0.5) is 0 Å². The molecule has 0 aliphatic heterocycles. The molecule has 1 heterocycles. The first-order valence-corrected chi connectivity index (χ1v) is 4.81. The molecule has 4 nitrogen and oxygen atoms in total. The summed E-state index contributed by atoms with van der Waals surface area (Å²) in [5.41, 5.74) is 1.03. The molecule has 0 aliphatic carbocycles. The molecule has 0 unspecified atom stereocenters. The maximum Gasteiger partial charge on any atom is 0.222 e. The molecule has 0 saturated heterocycles. The molecule has 0 bridgehead atoms. The van der Waals surface area contributed by atoms with Gasteiger partial charge in [-0.1, -0.05) is 13.8 Å². The number of H-pyrrole nitrogens is 1. The Hall–Kier alpha value is -1.32. The van der Waals surface area contributed by atoms with E-state index in [-0.39, 0.29) is 5.91 Å². The first-order valence-electron chi connectivity index (χ1n) is 4.81. The second-order valence-electron chi connectivity index (χ2n) is 3.95. The van der Waals surface area contributed by atoms with E-state index in [0.29, 0.717) is 18.9 Å². The average molecular weight is 195 g/mol. The van der Waals surface area contributed by atoms with Crippen LogP contribution in [-0.4, -0.2) is 28.1 Å². The van der Waals surface area contributed by atoms with E-state index in [1.165, 1.54) is 0 Å². The van der Waals surface area contributed by atoms with Crippen LogP contribution in [0.25, 0.3) is 0 Å². The third kappa shape index (κ3) is 3.20. The van der Waals surface area contributed by atoms with Crippen LogP contribution in [0.5, 0.6) is 0 Å². The topological polar surface area (TPSA) is 49.0 Å². The van der Waals surface area contributed by atoms with Crippen molar-refractivity contribution in [1.82, 2.24) is 15.1 Å². The van der Waals surface area contributed by atoms with Gasteiger partial charge in [0, 0.05) is 31.8 Å². The Bertz CT molecular complexity index is 280. The highest BCUT2D eigenvalue weighted by atomic mass is 16.2. The molecule has 1 N–H and O–H groups in total. The van der Waals surface area contributed by atoms with Gasteiger partial charge in [-0.3, -0.25) is 9.89 Å². The molecule has 1 aromatic rings. The van der Waals surface area contributed by atoms with Crippen molar-refractivity contribution < 1.29 is 4.79 Å². The van der Waals surface area contributed by atoms with Crippen LogP contribution in [0.2, 0.25) is 0 Å². The van der Waals surface area contributed by atoms with Gasteiger partial charge in [0.2, 0.25) is 5.91 Å². The van der Waals surface area contributed by atoms with Crippen LogP contribution in [0, 0.1) is 5.92 Å². The number of hydrogen-bond donors (Lipinski definition) is 1. The molecule has 0 aliphatic rings. The van der Waals surface area contributed by atoms with Gasteiger partial charge >= 0.3 is 0 Å². The molecule has 1 aromatic heterocycles. The summed E-state index contributed by atoms with van der Waals surface area (Å²) in [7, 11) is 1.82. The highest BCUT2D eigenvalue weighted by Crippen LogP contribution is 2.06. The van der Waals surface area contributed by atoms with Gasteiger partial charge in [0.05, 0.1) is 6.20 Å². The Kier molecular flexibility index (Phi) is 3.68. The van der Waals surface area contributed by atoms with E-state index < -0.39 is 0 Å². The molecule has 0 fully saturated rings. The maximum atomic E-state index is 11.6. The average Bonchev–Trinajstić information content (AvgIpc) is 2.55. The van der Waals surface area contributed by atoms with Gasteiger partial charge in [-0.25, -0.2) is 0 Å². The molecule has 0 saturated carbocycles. The summed E-state index contributed by atoms with van der Waals surface area (Å²) in [4.78, 5) is 13.3. The number of amides is 1. The lowest BCUT2D eigenvalue weighted by molar-refractivity contribution is -0.131. The first-order chi connectivity index (χ1) is 6.59. The van der Waals surface area contributed by atoms with E-state index >= 15 is 0 Å². The van der Waals surface area contributed by atoms with Crippen LogP contribution in [-0.2, 0) is 11.3 Å². The summed E-state index contributed by atoms with van der Waals surface area (Å²) in [6, 6.07) is 0. The van der Waals surface area contributed by atoms with Gasteiger partial charge in [-0.05, 0) is 5.92 Å². The predicted molar refractivity (Wildman–Crippen MR) is 54.5 cm³/mol. The molecule has 78 valence electrons. The minimum absolute atomic E-state index is 0.182. The Morgan fingerprint density at radius 1 is 1.64 bits per heavy atom. The van der Waals surface area contributed by atoms with Crippen molar-refractivity contribution in [3.63, 3.8) is 0 Å². The largest absolute Gasteiger partial charge is 0.341 e. The lowest BCUT2D eigenvalue weighted by atomic mass is 10.1. The maximum absolute atomic E-state index is 11.6. The monoisotopic (exact) mass is 195 g/mol. The Balaban J connectivity index is 2.42. The van der Waals surface area contributed by atoms with Crippen LogP contribution < -0.4 is 0 Å². The SMILES string of the molecule is CC(C)CC(=O)N(C)Cc1cn[nH]c1. The van der Waals surface area contributed by atoms with E-state index in [0.717, 1.165) is 5.56 Å². The van der Waals surface area contributed by atoms with E-state index in [1.54, 1.807) is 17.3 Å². The first kappa shape index (κ1) is 10.8. The quantitative estimate of drug-likeness (QED) is 0.789. The number of carbonyl (C=O) groups excluding carboxylic acids is 1. The number of rotatable bonds is 4. The Morgan fingerprint density at radius 3 is 2.86 bits per heavy atom. The number of aromatic nitrogens is 2. The molecule has 0 radical (unpaired) electrons. The Morgan fingerprint density at radius 2 is 2.36 bits per heavy atom. The van der Waals surface area contributed by atoms with E-state index in [2.05, 4.69) is 10.2 Å². The van der Waals surface area contributed by atoms with Gasteiger partial charge in [-0.15, -0.1) is 0 Å². The summed E-state index contributed by atoms with van der Waals surface area (Å²) in [5.74, 6) is 0.593. The summed E-state index contributed by atoms with van der Waals surface area (Å²) in [6.07, 6.45) is 4.15. The molecule has 1 rings (SSSR count). The highest BCUT2D eigenvalue weighted by Gasteiger charge is 2.10. The van der Waals surface area contributed by atoms with Crippen LogP contribution in [0.1, 0.15) is 25.8 Å². The molecule has 0 spiro atoms. The zero-order chi connectivity index (χ0) is 10.6. The van der Waals surface area contributed by atoms with Crippen molar-refractivity contribution in [1.29, 1.82) is 0 Å². The summed E-state index contributed by atoms with van der Waals surface area (Å²) in [6.45, 7) is 4.72. The van der Waals surface area contributed by atoms with Crippen LogP contribution >= 0.6 is 0 Å². The fourth-order valence-corrected chi connectivity index (χ4v) is 1.23. The van der Waals surface area contributed by atoms with Gasteiger partial charge in [0.25, 0.3) is 0 Å². The number of carbonyl (C=O) groups is 1. The number of nitrogens with zero attached hydrogens (tertiary/aromatic N) is 2. The zero-order valence-corrected chi connectivity index (χ0v) is 8.95. The van der Waals surface area contributed by atoms with Crippen molar-refractivity contribution in [2.24, 2.45) is 5.92 Å². The summed E-state index contributed by atoms with van der Waals surface area (Å²) >= 11 is 0. The molecular formula is C10H17N3O. The smallest absolute Gasteiger partial charge is 0.222 e. The highest BCUT2D eigenvalue weighted by molar-refractivity contribution is 5.76. The third-order valence-electron chi connectivity index (χ3n) is 1.98. The fourth-order valence-electron chi connectivity index (χ4n) is 1.23. The van der Waals surface area contributed by atoms with Gasteiger partial charge < -0.3 is 4.90 Å². The fraction of sp³-hybridized carbons (Fsp3) is 0.600. The summed E-state index contributed by atoms with van der Waals surface area (Å²) in [5, 5.41) is 6.56.